The summed E-state index contributed by atoms with van der Waals surface area (Å²) in [5, 5.41) is 3.95. The molecule has 1 aromatic rings. The van der Waals surface area contributed by atoms with Gasteiger partial charge in [-0.3, -0.25) is 0 Å². The van der Waals surface area contributed by atoms with Crippen molar-refractivity contribution < 1.29 is 18.0 Å². The van der Waals surface area contributed by atoms with Gasteiger partial charge >= 0.3 is 6.18 Å². The van der Waals surface area contributed by atoms with Crippen LogP contribution in [0.3, 0.4) is 0 Å². The maximum Gasteiger partial charge on any atom is 0.416 e. The van der Waals surface area contributed by atoms with E-state index in [0.29, 0.717) is 0 Å². The second-order valence-electron chi connectivity index (χ2n) is 4.75. The van der Waals surface area contributed by atoms with Crippen LogP contribution in [0.25, 0.3) is 0 Å². The first-order valence-electron chi connectivity index (χ1n) is 6.27. The van der Waals surface area contributed by atoms with Crippen molar-refractivity contribution in [3.63, 3.8) is 0 Å². The Kier molecular flexibility index (Phi) is 4.12. The van der Waals surface area contributed by atoms with Crippen LogP contribution in [0.1, 0.15) is 42.7 Å². The lowest BCUT2D eigenvalue weighted by atomic mass is 9.83. The molecule has 0 aromatic heterocycles. The number of rotatable bonds is 2. The number of benzene rings is 1. The number of nitrogens with zero attached hydrogens (tertiary/aromatic N) is 1. The topological polar surface area (TPSA) is 21.6 Å². The summed E-state index contributed by atoms with van der Waals surface area (Å²) in [5.74, 6) is 0.241. The van der Waals surface area contributed by atoms with E-state index in [1.165, 1.54) is 7.11 Å². The van der Waals surface area contributed by atoms with E-state index in [4.69, 9.17) is 4.84 Å². The molecule has 1 fully saturated rings. The Morgan fingerprint density at radius 1 is 1.21 bits per heavy atom. The van der Waals surface area contributed by atoms with Crippen molar-refractivity contribution in [2.24, 2.45) is 5.16 Å². The van der Waals surface area contributed by atoms with Crippen LogP contribution in [-0.4, -0.2) is 12.8 Å². The van der Waals surface area contributed by atoms with Crippen molar-refractivity contribution in [3.8, 4) is 0 Å². The highest BCUT2D eigenvalue weighted by atomic mass is 19.4. The predicted octanol–water partition coefficient (Wildman–Crippen LogP) is 4.37. The molecular weight excluding hydrogens is 255 g/mol. The van der Waals surface area contributed by atoms with Crippen molar-refractivity contribution in [2.45, 2.75) is 37.8 Å². The molecule has 1 aliphatic rings. The zero-order valence-corrected chi connectivity index (χ0v) is 10.7. The molecule has 0 radical (unpaired) electrons. The molecule has 0 N–H and O–H groups in total. The smallest absolute Gasteiger partial charge is 0.399 e. The van der Waals surface area contributed by atoms with Crippen molar-refractivity contribution in [3.05, 3.63) is 35.4 Å². The molecule has 0 spiro atoms. The van der Waals surface area contributed by atoms with Gasteiger partial charge < -0.3 is 4.84 Å². The Bertz CT molecular complexity index is 451. The largest absolute Gasteiger partial charge is 0.416 e. The van der Waals surface area contributed by atoms with Crippen molar-refractivity contribution in [1.82, 2.24) is 0 Å². The fraction of sp³-hybridized carbons (Fsp3) is 0.500. The highest BCUT2D eigenvalue weighted by Gasteiger charge is 2.30. The van der Waals surface area contributed by atoms with Crippen molar-refractivity contribution >= 4 is 5.71 Å². The number of oxime groups is 1. The molecule has 104 valence electrons. The van der Waals surface area contributed by atoms with Crippen LogP contribution in [0.5, 0.6) is 0 Å². The van der Waals surface area contributed by atoms with Gasteiger partial charge in [0.15, 0.2) is 0 Å². The summed E-state index contributed by atoms with van der Waals surface area (Å²) < 4.78 is 37.5. The maximum absolute atomic E-state index is 12.5. The maximum atomic E-state index is 12.5. The molecule has 1 aliphatic carbocycles. The van der Waals surface area contributed by atoms with Crippen LogP contribution >= 0.6 is 0 Å². The van der Waals surface area contributed by atoms with Crippen molar-refractivity contribution in [2.75, 3.05) is 7.11 Å². The van der Waals surface area contributed by atoms with E-state index in [0.717, 1.165) is 49.1 Å². The van der Waals surface area contributed by atoms with Gasteiger partial charge in [0.2, 0.25) is 0 Å². The molecule has 5 heteroatoms. The van der Waals surface area contributed by atoms with E-state index in [2.05, 4.69) is 5.16 Å². The van der Waals surface area contributed by atoms with Gasteiger partial charge in [0.1, 0.15) is 7.11 Å². The highest BCUT2D eigenvalue weighted by molar-refractivity contribution is 5.85. The van der Waals surface area contributed by atoms with E-state index in [1.54, 1.807) is 12.1 Å². The molecular formula is C14H16F3NO. The average Bonchev–Trinajstić information content (AvgIpc) is 2.39. The van der Waals surface area contributed by atoms with E-state index >= 15 is 0 Å². The lowest BCUT2D eigenvalue weighted by Gasteiger charge is -2.23. The first-order chi connectivity index (χ1) is 9.00. The lowest BCUT2D eigenvalue weighted by molar-refractivity contribution is -0.137. The van der Waals surface area contributed by atoms with Crippen LogP contribution in [0.4, 0.5) is 13.2 Å². The Balaban J connectivity index is 2.12. The van der Waals surface area contributed by atoms with Gasteiger partial charge in [0, 0.05) is 0 Å². The average molecular weight is 271 g/mol. The fourth-order valence-corrected chi connectivity index (χ4v) is 2.48. The minimum Gasteiger partial charge on any atom is -0.399 e. The van der Waals surface area contributed by atoms with Gasteiger partial charge in [-0.15, -0.1) is 0 Å². The number of halogens is 3. The van der Waals surface area contributed by atoms with E-state index < -0.39 is 11.7 Å². The quantitative estimate of drug-likeness (QED) is 0.732. The molecule has 0 heterocycles. The minimum atomic E-state index is -4.27. The molecule has 2 rings (SSSR count). The molecule has 1 unspecified atom stereocenters. The highest BCUT2D eigenvalue weighted by Crippen LogP contribution is 2.34. The Hall–Kier alpha value is -1.52. The Morgan fingerprint density at radius 3 is 2.47 bits per heavy atom. The predicted molar refractivity (Wildman–Crippen MR) is 67.1 cm³/mol. The van der Waals surface area contributed by atoms with Crippen LogP contribution in [0.2, 0.25) is 0 Å². The standard InChI is InChI=1S/C14H16F3NO/c1-19-18-13-4-2-3-11(9-13)10-5-7-12(8-6-10)14(15,16)17/h5-8,11H,2-4,9H2,1H3. The molecule has 0 amide bonds. The number of hydrogen-bond donors (Lipinski definition) is 0. The third kappa shape index (κ3) is 3.49. The molecule has 1 saturated carbocycles. The van der Waals surface area contributed by atoms with Gasteiger partial charge in [0.25, 0.3) is 0 Å². The molecule has 0 aliphatic heterocycles. The molecule has 1 atom stereocenters. The summed E-state index contributed by atoms with van der Waals surface area (Å²) in [6.45, 7) is 0. The summed E-state index contributed by atoms with van der Waals surface area (Å²) in [4.78, 5) is 4.77. The number of hydrogen-bond acceptors (Lipinski definition) is 2. The Morgan fingerprint density at radius 2 is 1.89 bits per heavy atom. The van der Waals surface area contributed by atoms with Crippen LogP contribution < -0.4 is 0 Å². The van der Waals surface area contributed by atoms with Gasteiger partial charge in [-0.1, -0.05) is 17.3 Å². The zero-order chi connectivity index (χ0) is 13.9. The molecule has 19 heavy (non-hydrogen) atoms. The minimum absolute atomic E-state index is 0.241. The third-order valence-corrected chi connectivity index (χ3v) is 3.43. The third-order valence-electron chi connectivity index (χ3n) is 3.43. The lowest BCUT2D eigenvalue weighted by Crippen LogP contribution is -2.14. The molecule has 0 saturated heterocycles. The van der Waals surface area contributed by atoms with Gasteiger partial charge in [-0.05, 0) is 49.3 Å². The van der Waals surface area contributed by atoms with Crippen LogP contribution in [0, 0.1) is 0 Å². The number of alkyl halides is 3. The summed E-state index contributed by atoms with van der Waals surface area (Å²) >= 11 is 0. The van der Waals surface area contributed by atoms with Crippen LogP contribution in [-0.2, 0) is 11.0 Å². The Labute approximate surface area is 110 Å². The zero-order valence-electron chi connectivity index (χ0n) is 10.7. The summed E-state index contributed by atoms with van der Waals surface area (Å²) in [6.07, 6.45) is -0.625. The van der Waals surface area contributed by atoms with Gasteiger partial charge in [-0.25, -0.2) is 0 Å². The van der Waals surface area contributed by atoms with E-state index in [1.807, 2.05) is 0 Å². The van der Waals surface area contributed by atoms with Crippen LogP contribution in [0.15, 0.2) is 29.4 Å². The molecule has 0 bridgehead atoms. The molecule has 2 nitrogen and oxygen atoms in total. The monoisotopic (exact) mass is 271 g/mol. The van der Waals surface area contributed by atoms with Gasteiger partial charge in [0.05, 0.1) is 11.3 Å². The van der Waals surface area contributed by atoms with E-state index in [9.17, 15) is 13.2 Å². The normalized spacial score (nSPS) is 22.5. The molecule has 1 aromatic carbocycles. The summed E-state index contributed by atoms with van der Waals surface area (Å²) in [5.41, 5.74) is 1.33. The van der Waals surface area contributed by atoms with Crippen molar-refractivity contribution in [1.29, 1.82) is 0 Å². The summed E-state index contributed by atoms with van der Waals surface area (Å²) in [7, 11) is 1.51. The van der Waals surface area contributed by atoms with Gasteiger partial charge in [-0.2, -0.15) is 13.2 Å². The first kappa shape index (κ1) is 13.9. The SMILES string of the molecule is CON=C1CCCC(c2ccc(C(F)(F)F)cc2)C1. The first-order valence-corrected chi connectivity index (χ1v) is 6.27. The second kappa shape index (κ2) is 5.63. The fourth-order valence-electron chi connectivity index (χ4n) is 2.48. The summed E-state index contributed by atoms with van der Waals surface area (Å²) in [6, 6.07) is 5.45. The van der Waals surface area contributed by atoms with E-state index in [-0.39, 0.29) is 5.92 Å². The second-order valence-corrected chi connectivity index (χ2v) is 4.75.